The lowest BCUT2D eigenvalue weighted by molar-refractivity contribution is 0.0926. The Morgan fingerprint density at radius 1 is 1.19 bits per heavy atom. The SMILES string of the molecule is NNC(=O)c1oc2ccccc2c1Cn1ccccc1=O. The van der Waals surface area contributed by atoms with Crippen molar-refractivity contribution in [1.82, 2.24) is 9.99 Å². The van der Waals surface area contributed by atoms with E-state index in [4.69, 9.17) is 10.3 Å². The Bertz CT molecular complexity index is 864. The number of para-hydroxylation sites is 1. The molecule has 0 saturated heterocycles. The van der Waals surface area contributed by atoms with Crippen LogP contribution in [-0.4, -0.2) is 10.5 Å². The summed E-state index contributed by atoms with van der Waals surface area (Å²) in [4.78, 5) is 23.7. The molecule has 6 heteroatoms. The molecule has 0 atom stereocenters. The molecule has 6 nitrogen and oxygen atoms in total. The molecule has 106 valence electrons. The summed E-state index contributed by atoms with van der Waals surface area (Å²) >= 11 is 0. The number of furan rings is 1. The van der Waals surface area contributed by atoms with Crippen molar-refractivity contribution in [2.45, 2.75) is 6.54 Å². The number of nitrogens with two attached hydrogens (primary N) is 1. The van der Waals surface area contributed by atoms with Crippen LogP contribution in [0.1, 0.15) is 16.1 Å². The highest BCUT2D eigenvalue weighted by Gasteiger charge is 2.20. The van der Waals surface area contributed by atoms with Crippen LogP contribution in [0.25, 0.3) is 11.0 Å². The highest BCUT2D eigenvalue weighted by atomic mass is 16.3. The fourth-order valence-corrected chi connectivity index (χ4v) is 2.27. The van der Waals surface area contributed by atoms with E-state index in [1.54, 1.807) is 24.4 Å². The van der Waals surface area contributed by atoms with Crippen LogP contribution in [-0.2, 0) is 6.54 Å². The van der Waals surface area contributed by atoms with Crippen LogP contribution in [0, 0.1) is 0 Å². The lowest BCUT2D eigenvalue weighted by Gasteiger charge is -2.05. The minimum Gasteiger partial charge on any atom is -0.450 e. The third-order valence-corrected chi connectivity index (χ3v) is 3.26. The molecule has 0 aliphatic heterocycles. The summed E-state index contributed by atoms with van der Waals surface area (Å²) in [5.74, 6) is 4.79. The largest absolute Gasteiger partial charge is 0.450 e. The van der Waals surface area contributed by atoms with Crippen LogP contribution in [0.2, 0.25) is 0 Å². The Balaban J connectivity index is 2.18. The molecule has 0 unspecified atom stereocenters. The van der Waals surface area contributed by atoms with Gasteiger partial charge in [0.25, 0.3) is 5.56 Å². The van der Waals surface area contributed by atoms with Crippen molar-refractivity contribution in [3.05, 3.63) is 70.3 Å². The number of hydrogen-bond acceptors (Lipinski definition) is 4. The van der Waals surface area contributed by atoms with E-state index in [0.717, 1.165) is 5.39 Å². The quantitative estimate of drug-likeness (QED) is 0.430. The van der Waals surface area contributed by atoms with Crippen molar-refractivity contribution in [3.8, 4) is 0 Å². The number of pyridine rings is 1. The number of benzene rings is 1. The molecular weight excluding hydrogens is 270 g/mol. The van der Waals surface area contributed by atoms with Crippen molar-refractivity contribution in [2.75, 3.05) is 0 Å². The van der Waals surface area contributed by atoms with Crippen LogP contribution in [0.5, 0.6) is 0 Å². The number of carbonyl (C=O) groups is 1. The molecule has 21 heavy (non-hydrogen) atoms. The molecule has 2 aromatic heterocycles. The Labute approximate surface area is 119 Å². The first-order valence-electron chi connectivity index (χ1n) is 6.37. The van der Waals surface area contributed by atoms with E-state index in [1.165, 1.54) is 10.6 Å². The maximum absolute atomic E-state index is 11.9. The van der Waals surface area contributed by atoms with E-state index in [1.807, 2.05) is 18.2 Å². The second kappa shape index (κ2) is 5.26. The van der Waals surface area contributed by atoms with Gasteiger partial charge in [0.2, 0.25) is 0 Å². The summed E-state index contributed by atoms with van der Waals surface area (Å²) in [7, 11) is 0. The number of hydrogen-bond donors (Lipinski definition) is 2. The second-order valence-corrected chi connectivity index (χ2v) is 4.55. The normalized spacial score (nSPS) is 10.7. The number of aromatic nitrogens is 1. The predicted octanol–water partition coefficient (Wildman–Crippen LogP) is 1.25. The first kappa shape index (κ1) is 13.1. The number of carbonyl (C=O) groups excluding carboxylic acids is 1. The minimum absolute atomic E-state index is 0.120. The standard InChI is InChI=1S/C15H13N3O3/c16-17-15(20)14-11(9-18-8-4-3-7-13(18)19)10-5-1-2-6-12(10)21-14/h1-8H,9,16H2,(H,17,20). The van der Waals surface area contributed by atoms with Gasteiger partial charge in [-0.25, -0.2) is 5.84 Å². The van der Waals surface area contributed by atoms with Crippen LogP contribution >= 0.6 is 0 Å². The van der Waals surface area contributed by atoms with Crippen molar-refractivity contribution in [3.63, 3.8) is 0 Å². The average molecular weight is 283 g/mol. The number of nitrogens with one attached hydrogen (secondary N) is 1. The number of hydrazine groups is 1. The third-order valence-electron chi connectivity index (χ3n) is 3.26. The summed E-state index contributed by atoms with van der Waals surface area (Å²) in [6.45, 7) is 0.236. The molecule has 1 aromatic carbocycles. The van der Waals surface area contributed by atoms with E-state index in [2.05, 4.69) is 5.43 Å². The van der Waals surface area contributed by atoms with Gasteiger partial charge in [-0.2, -0.15) is 0 Å². The maximum atomic E-state index is 11.9. The first-order valence-corrected chi connectivity index (χ1v) is 6.37. The monoisotopic (exact) mass is 283 g/mol. The van der Waals surface area contributed by atoms with E-state index in [0.29, 0.717) is 11.1 Å². The van der Waals surface area contributed by atoms with Crippen LogP contribution in [0.3, 0.4) is 0 Å². The Morgan fingerprint density at radius 3 is 2.71 bits per heavy atom. The van der Waals surface area contributed by atoms with Gasteiger partial charge in [-0.15, -0.1) is 0 Å². The van der Waals surface area contributed by atoms with Gasteiger partial charge in [0.15, 0.2) is 5.76 Å². The maximum Gasteiger partial charge on any atom is 0.301 e. The molecule has 3 N–H and O–H groups in total. The fourth-order valence-electron chi connectivity index (χ4n) is 2.27. The van der Waals surface area contributed by atoms with Gasteiger partial charge in [-0.3, -0.25) is 15.0 Å². The van der Waals surface area contributed by atoms with Crippen molar-refractivity contribution in [2.24, 2.45) is 5.84 Å². The van der Waals surface area contributed by atoms with Gasteiger partial charge in [0.05, 0.1) is 6.54 Å². The van der Waals surface area contributed by atoms with E-state index in [-0.39, 0.29) is 17.9 Å². The van der Waals surface area contributed by atoms with E-state index < -0.39 is 5.91 Å². The molecule has 0 bridgehead atoms. The smallest absolute Gasteiger partial charge is 0.301 e. The molecule has 0 aliphatic rings. The minimum atomic E-state index is -0.523. The van der Waals surface area contributed by atoms with Crippen molar-refractivity contribution >= 4 is 16.9 Å². The fraction of sp³-hybridized carbons (Fsp3) is 0.0667. The van der Waals surface area contributed by atoms with Gasteiger partial charge < -0.3 is 8.98 Å². The lowest BCUT2D eigenvalue weighted by atomic mass is 10.1. The first-order chi connectivity index (χ1) is 10.2. The molecule has 3 aromatic rings. The van der Waals surface area contributed by atoms with Gasteiger partial charge in [-0.1, -0.05) is 24.3 Å². The molecule has 2 heterocycles. The van der Waals surface area contributed by atoms with Gasteiger partial charge in [0.1, 0.15) is 5.58 Å². The van der Waals surface area contributed by atoms with Gasteiger partial charge >= 0.3 is 5.91 Å². The molecule has 1 amide bonds. The summed E-state index contributed by atoms with van der Waals surface area (Å²) in [6, 6.07) is 12.2. The van der Waals surface area contributed by atoms with Crippen molar-refractivity contribution < 1.29 is 9.21 Å². The number of fused-ring (bicyclic) bond motifs is 1. The summed E-state index contributed by atoms with van der Waals surface area (Å²) in [5.41, 5.74) is 3.12. The zero-order chi connectivity index (χ0) is 14.8. The van der Waals surface area contributed by atoms with Crippen LogP contribution in [0.15, 0.2) is 57.9 Å². The number of rotatable bonds is 3. The highest BCUT2D eigenvalue weighted by Crippen LogP contribution is 2.26. The topological polar surface area (TPSA) is 90.3 Å². The summed E-state index contributed by atoms with van der Waals surface area (Å²) in [6.07, 6.45) is 1.66. The summed E-state index contributed by atoms with van der Waals surface area (Å²) in [5, 5.41) is 0.784. The Morgan fingerprint density at radius 2 is 1.95 bits per heavy atom. The highest BCUT2D eigenvalue weighted by molar-refractivity contribution is 5.98. The van der Waals surface area contributed by atoms with Crippen molar-refractivity contribution in [1.29, 1.82) is 0 Å². The van der Waals surface area contributed by atoms with Gasteiger partial charge in [0, 0.05) is 23.2 Å². The van der Waals surface area contributed by atoms with E-state index in [9.17, 15) is 9.59 Å². The predicted molar refractivity (Wildman–Crippen MR) is 77.7 cm³/mol. The van der Waals surface area contributed by atoms with Gasteiger partial charge in [-0.05, 0) is 12.1 Å². The zero-order valence-electron chi connectivity index (χ0n) is 11.1. The molecule has 0 saturated carbocycles. The average Bonchev–Trinajstić information content (AvgIpc) is 2.88. The molecule has 0 spiro atoms. The lowest BCUT2D eigenvalue weighted by Crippen LogP contribution is -2.31. The molecule has 0 aliphatic carbocycles. The molecule has 3 rings (SSSR count). The Kier molecular flexibility index (Phi) is 3.29. The molecule has 0 fully saturated rings. The van der Waals surface area contributed by atoms with E-state index >= 15 is 0 Å². The number of amides is 1. The Hall–Kier alpha value is -2.86. The number of nitrogen functional groups attached to an aromatic ring is 1. The number of nitrogens with zero attached hydrogens (tertiary/aromatic N) is 1. The zero-order valence-corrected chi connectivity index (χ0v) is 11.1. The molecule has 0 radical (unpaired) electrons. The van der Waals surface area contributed by atoms with Crippen LogP contribution in [0.4, 0.5) is 0 Å². The molecular formula is C15H13N3O3. The summed E-state index contributed by atoms with van der Waals surface area (Å²) < 4.78 is 7.06. The van der Waals surface area contributed by atoms with Crippen LogP contribution < -0.4 is 16.8 Å². The third kappa shape index (κ3) is 2.32. The second-order valence-electron chi connectivity index (χ2n) is 4.55.